The summed E-state index contributed by atoms with van der Waals surface area (Å²) in [5.74, 6) is 0. The molecule has 0 bridgehead atoms. The third kappa shape index (κ3) is 2.94. The average molecular weight is 279 g/mol. The highest BCUT2D eigenvalue weighted by atomic mass is 16.5. The number of allylic oxidation sites excluding steroid dienone is 1. The number of hydrogen-bond donors (Lipinski definition) is 0. The Balaban J connectivity index is 2.39. The zero-order valence-corrected chi connectivity index (χ0v) is 13.9. The minimum absolute atomic E-state index is 0.115. The van der Waals surface area contributed by atoms with Crippen molar-refractivity contribution in [1.82, 2.24) is 0 Å². The molecule has 2 nitrogen and oxygen atoms in total. The van der Waals surface area contributed by atoms with Crippen molar-refractivity contribution in [3.05, 3.63) is 34.9 Å². The number of rotatable bonds is 2. The van der Waals surface area contributed by atoms with Crippen molar-refractivity contribution in [2.24, 2.45) is 0 Å². The first kappa shape index (κ1) is 15.9. The highest BCUT2D eigenvalue weighted by molar-refractivity contribution is 7.18. The summed E-state index contributed by atoms with van der Waals surface area (Å²) in [5.41, 5.74) is 4.75. The van der Waals surface area contributed by atoms with Gasteiger partial charge in [0.25, 0.3) is 6.81 Å². The van der Waals surface area contributed by atoms with Gasteiger partial charge in [0.1, 0.15) is 7.17 Å². The molecule has 1 fully saturated rings. The molecule has 1 aromatic carbocycles. The Labute approximate surface area is 129 Å². The Morgan fingerprint density at radius 3 is 2.19 bits per heavy atom. The number of hydrogen-bond acceptors (Lipinski definition) is 2. The topological polar surface area (TPSA) is 33.0 Å². The summed E-state index contributed by atoms with van der Waals surface area (Å²) in [7, 11) is 1.04. The van der Waals surface area contributed by atoms with Gasteiger partial charge in [-0.2, -0.15) is 5.26 Å². The minimum Gasteiger partial charge on any atom is -0.434 e. The molecule has 2 rings (SSSR count). The van der Waals surface area contributed by atoms with Crippen molar-refractivity contribution in [2.75, 3.05) is 0 Å². The van der Waals surface area contributed by atoms with Gasteiger partial charge < -0.3 is 4.65 Å². The first-order chi connectivity index (χ1) is 9.68. The molecule has 21 heavy (non-hydrogen) atoms. The van der Waals surface area contributed by atoms with E-state index in [4.69, 9.17) is 9.92 Å². The predicted octanol–water partition coefficient (Wildman–Crippen LogP) is 2.98. The molecule has 1 aromatic rings. The third-order valence-electron chi connectivity index (χ3n) is 5.05. The van der Waals surface area contributed by atoms with Gasteiger partial charge in [0.2, 0.25) is 0 Å². The van der Waals surface area contributed by atoms with Crippen molar-refractivity contribution < 1.29 is 4.65 Å². The third-order valence-corrected chi connectivity index (χ3v) is 5.05. The van der Waals surface area contributed by atoms with Crippen molar-refractivity contribution in [1.29, 1.82) is 5.26 Å². The second-order valence-electron chi connectivity index (χ2n) is 7.24. The Kier molecular flexibility index (Phi) is 4.08. The maximum Gasteiger partial charge on any atom is 0.284 e. The second-order valence-corrected chi connectivity index (χ2v) is 7.24. The summed E-state index contributed by atoms with van der Waals surface area (Å²) in [5, 5.41) is 8.81. The molecule has 0 unspecified atom stereocenters. The highest BCUT2D eigenvalue weighted by Gasteiger charge is 2.51. The van der Waals surface area contributed by atoms with Crippen molar-refractivity contribution in [3.63, 3.8) is 0 Å². The summed E-state index contributed by atoms with van der Waals surface area (Å²) < 4.78 is 6.36. The first-order valence-electron chi connectivity index (χ1n) is 7.53. The number of benzene rings is 1. The van der Waals surface area contributed by atoms with Crippen LogP contribution in [0.1, 0.15) is 44.4 Å². The van der Waals surface area contributed by atoms with Gasteiger partial charge in [0.05, 0.1) is 6.07 Å². The molecule has 0 aromatic heterocycles. The van der Waals surface area contributed by atoms with E-state index < -0.39 is 0 Å². The Morgan fingerprint density at radius 2 is 1.76 bits per heavy atom. The Morgan fingerprint density at radius 1 is 1.19 bits per heavy atom. The van der Waals surface area contributed by atoms with Gasteiger partial charge >= 0.3 is 0 Å². The fourth-order valence-corrected chi connectivity index (χ4v) is 3.17. The SMILES string of the molecule is Cc1cc(/C=C/C#N)cc(C)c1B1BC(C)(C)C(C)(C)O1. The molecule has 0 spiro atoms. The lowest BCUT2D eigenvalue weighted by Crippen LogP contribution is -2.40. The summed E-state index contributed by atoms with van der Waals surface area (Å²) in [6.07, 6.45) is 3.37. The van der Waals surface area contributed by atoms with Crippen LogP contribution in [-0.2, 0) is 4.65 Å². The van der Waals surface area contributed by atoms with Crippen LogP contribution in [0.4, 0.5) is 0 Å². The zero-order chi connectivity index (χ0) is 15.8. The van der Waals surface area contributed by atoms with Gasteiger partial charge in [-0.1, -0.05) is 42.6 Å². The average Bonchev–Trinajstić information content (AvgIpc) is 2.54. The summed E-state index contributed by atoms with van der Waals surface area (Å²) in [4.78, 5) is 0. The van der Waals surface area contributed by atoms with E-state index in [1.165, 1.54) is 22.7 Å². The molecule has 4 heteroatoms. The number of aryl methyl sites for hydroxylation is 2. The highest BCUT2D eigenvalue weighted by Crippen LogP contribution is 2.45. The smallest absolute Gasteiger partial charge is 0.284 e. The normalized spacial score (nSPS) is 19.6. The molecule has 0 saturated carbocycles. The van der Waals surface area contributed by atoms with Crippen LogP contribution in [0.2, 0.25) is 5.31 Å². The van der Waals surface area contributed by atoms with E-state index >= 15 is 0 Å². The Hall–Kier alpha value is -1.46. The molecule has 1 aliphatic heterocycles. The van der Waals surface area contributed by atoms with Crippen LogP contribution in [-0.4, -0.2) is 19.6 Å². The molecule has 0 amide bonds. The summed E-state index contributed by atoms with van der Waals surface area (Å²) in [6, 6.07) is 6.31. The van der Waals surface area contributed by atoms with Gasteiger partial charge in [-0.3, -0.25) is 0 Å². The van der Waals surface area contributed by atoms with E-state index in [9.17, 15) is 0 Å². The lowest BCUT2D eigenvalue weighted by Gasteiger charge is -2.34. The maximum atomic E-state index is 8.65. The van der Waals surface area contributed by atoms with E-state index in [0.717, 1.165) is 12.7 Å². The standard InChI is InChI=1S/C17H23B2NO/c1-12-10-14(8-7-9-20)11-13(2)15(12)19-18-16(3,4)17(5,6)21-19/h7-8,10-11,18H,1-6H3/b8-7+. The van der Waals surface area contributed by atoms with Crippen molar-refractivity contribution in [3.8, 4) is 6.07 Å². The molecular formula is C17H23B2NO. The Bertz CT molecular complexity index is 587. The number of nitriles is 1. The zero-order valence-electron chi connectivity index (χ0n) is 13.9. The van der Waals surface area contributed by atoms with E-state index in [0.29, 0.717) is 0 Å². The molecule has 1 heterocycles. The quantitative estimate of drug-likeness (QED) is 0.616. The van der Waals surface area contributed by atoms with Gasteiger partial charge in [0.15, 0.2) is 0 Å². The molecule has 0 atom stereocenters. The minimum atomic E-state index is -0.115. The van der Waals surface area contributed by atoms with E-state index in [1.54, 1.807) is 0 Å². The lowest BCUT2D eigenvalue weighted by atomic mass is 9.23. The molecular weight excluding hydrogens is 256 g/mol. The predicted molar refractivity (Wildman–Crippen MR) is 92.3 cm³/mol. The summed E-state index contributed by atoms with van der Waals surface area (Å²) >= 11 is 0. The van der Waals surface area contributed by atoms with E-state index in [2.05, 4.69) is 53.7 Å². The molecule has 1 aliphatic rings. The van der Waals surface area contributed by atoms with Crippen LogP contribution in [0.25, 0.3) is 6.08 Å². The lowest BCUT2D eigenvalue weighted by molar-refractivity contribution is 0.0881. The van der Waals surface area contributed by atoms with Crippen LogP contribution in [0.5, 0.6) is 0 Å². The number of nitrogens with zero attached hydrogens (tertiary/aromatic N) is 1. The first-order valence-corrected chi connectivity index (χ1v) is 7.53. The monoisotopic (exact) mass is 279 g/mol. The van der Waals surface area contributed by atoms with Crippen molar-refractivity contribution in [2.45, 2.75) is 52.5 Å². The fourth-order valence-electron chi connectivity index (χ4n) is 3.17. The van der Waals surface area contributed by atoms with Crippen molar-refractivity contribution >= 4 is 25.5 Å². The van der Waals surface area contributed by atoms with Crippen LogP contribution >= 0.6 is 0 Å². The molecule has 0 aliphatic carbocycles. The van der Waals surface area contributed by atoms with E-state index in [1.807, 2.05) is 12.1 Å². The summed E-state index contributed by atoms with van der Waals surface area (Å²) in [6.45, 7) is 13.3. The maximum absolute atomic E-state index is 8.65. The van der Waals surface area contributed by atoms with Crippen LogP contribution in [0.15, 0.2) is 18.2 Å². The molecule has 0 radical (unpaired) electrons. The second kappa shape index (κ2) is 5.39. The van der Waals surface area contributed by atoms with Crippen LogP contribution in [0.3, 0.4) is 0 Å². The molecule has 108 valence electrons. The van der Waals surface area contributed by atoms with Gasteiger partial charge in [-0.15, -0.1) is 0 Å². The van der Waals surface area contributed by atoms with E-state index in [-0.39, 0.29) is 17.7 Å². The fraction of sp³-hybridized carbons (Fsp3) is 0.471. The van der Waals surface area contributed by atoms with Gasteiger partial charge in [-0.25, -0.2) is 0 Å². The van der Waals surface area contributed by atoms with Gasteiger partial charge in [-0.05, 0) is 44.6 Å². The molecule has 1 saturated heterocycles. The largest absolute Gasteiger partial charge is 0.434 e. The van der Waals surface area contributed by atoms with Gasteiger partial charge in [0, 0.05) is 11.7 Å². The van der Waals surface area contributed by atoms with Crippen LogP contribution in [0, 0.1) is 25.2 Å². The van der Waals surface area contributed by atoms with Crippen LogP contribution < -0.4 is 5.46 Å². The molecule has 0 N–H and O–H groups in total.